The number of allylic oxidation sites excluding steroid dienone is 2. The molecular formula is C16H27N5. The maximum atomic E-state index is 5.94. The summed E-state index contributed by atoms with van der Waals surface area (Å²) in [6.45, 7) is 6.38. The molecule has 21 heavy (non-hydrogen) atoms. The molecule has 3 unspecified atom stereocenters. The summed E-state index contributed by atoms with van der Waals surface area (Å²) in [5.41, 5.74) is 12.9. The number of nitrogens with zero attached hydrogens (tertiary/aromatic N) is 2. The van der Waals surface area contributed by atoms with E-state index in [9.17, 15) is 0 Å². The fraction of sp³-hybridized carbons (Fsp3) is 0.562. The van der Waals surface area contributed by atoms with E-state index in [0.29, 0.717) is 17.4 Å². The van der Waals surface area contributed by atoms with Crippen LogP contribution in [0.2, 0.25) is 0 Å². The Hall–Kier alpha value is -1.75. The van der Waals surface area contributed by atoms with Gasteiger partial charge in [-0.2, -0.15) is 0 Å². The van der Waals surface area contributed by atoms with E-state index in [1.807, 2.05) is 26.1 Å². The molecule has 2 aliphatic rings. The summed E-state index contributed by atoms with van der Waals surface area (Å²) < 4.78 is 0. The molecule has 2 fully saturated rings. The summed E-state index contributed by atoms with van der Waals surface area (Å²) in [5.74, 6) is 2.83. The summed E-state index contributed by atoms with van der Waals surface area (Å²) in [6, 6.07) is 0.307. The summed E-state index contributed by atoms with van der Waals surface area (Å²) in [6.07, 6.45) is 8.78. The molecule has 1 aliphatic heterocycles. The van der Waals surface area contributed by atoms with E-state index in [2.05, 4.69) is 22.1 Å². The number of likely N-dealkylation sites (N-methyl/N-ethyl adjacent to an activating group) is 1. The first-order valence-electron chi connectivity index (χ1n) is 7.57. The van der Waals surface area contributed by atoms with E-state index >= 15 is 0 Å². The molecule has 0 bridgehead atoms. The summed E-state index contributed by atoms with van der Waals surface area (Å²) in [5, 5.41) is 3.12. The Balaban J connectivity index is 1.89. The number of likely N-dealkylation sites (tertiary alicyclic amines) is 1. The van der Waals surface area contributed by atoms with E-state index in [0.717, 1.165) is 30.8 Å². The second kappa shape index (κ2) is 6.80. The molecule has 0 aromatic carbocycles. The molecule has 1 heterocycles. The lowest BCUT2D eigenvalue weighted by atomic mass is 10.2. The Morgan fingerprint density at radius 3 is 2.57 bits per heavy atom. The molecule has 1 saturated heterocycles. The molecule has 5 nitrogen and oxygen atoms in total. The zero-order valence-electron chi connectivity index (χ0n) is 13.2. The van der Waals surface area contributed by atoms with Gasteiger partial charge in [-0.3, -0.25) is 0 Å². The fourth-order valence-corrected chi connectivity index (χ4v) is 2.50. The molecule has 0 aromatic rings. The number of nitrogens with two attached hydrogens (primary N) is 2. The third kappa shape index (κ3) is 4.36. The van der Waals surface area contributed by atoms with E-state index < -0.39 is 0 Å². The van der Waals surface area contributed by atoms with Gasteiger partial charge in [-0.15, -0.1) is 0 Å². The molecule has 1 saturated carbocycles. The largest absolute Gasteiger partial charge is 0.397 e. The topological polar surface area (TPSA) is 79.7 Å². The number of piperidine rings is 1. The molecule has 0 amide bonds. The monoisotopic (exact) mass is 289 g/mol. The van der Waals surface area contributed by atoms with Crippen molar-refractivity contribution in [1.82, 2.24) is 10.2 Å². The molecule has 3 atom stereocenters. The van der Waals surface area contributed by atoms with Crippen LogP contribution in [0.15, 0.2) is 40.8 Å². The molecular weight excluding hydrogens is 262 g/mol. The van der Waals surface area contributed by atoms with E-state index in [4.69, 9.17) is 11.5 Å². The fourth-order valence-electron chi connectivity index (χ4n) is 2.50. The minimum absolute atomic E-state index is 0.307. The van der Waals surface area contributed by atoms with Gasteiger partial charge in [0, 0.05) is 19.1 Å². The first-order valence-corrected chi connectivity index (χ1v) is 7.57. The molecule has 2 rings (SSSR count). The minimum Gasteiger partial charge on any atom is -0.397 e. The molecule has 0 spiro atoms. The van der Waals surface area contributed by atoms with Crippen LogP contribution < -0.4 is 16.8 Å². The van der Waals surface area contributed by atoms with Gasteiger partial charge in [-0.1, -0.05) is 12.2 Å². The molecule has 5 heteroatoms. The first-order chi connectivity index (χ1) is 10.0. The number of fused-ring (bicyclic) bond motifs is 1. The Kier molecular flexibility index (Phi) is 5.07. The second-order valence-electron chi connectivity index (χ2n) is 6.01. The Morgan fingerprint density at radius 1 is 1.29 bits per heavy atom. The van der Waals surface area contributed by atoms with Crippen LogP contribution in [0.3, 0.4) is 0 Å². The van der Waals surface area contributed by atoms with Crippen LogP contribution >= 0.6 is 0 Å². The van der Waals surface area contributed by atoms with Gasteiger partial charge in [-0.25, -0.2) is 4.99 Å². The van der Waals surface area contributed by atoms with Crippen molar-refractivity contribution in [3.05, 3.63) is 35.8 Å². The summed E-state index contributed by atoms with van der Waals surface area (Å²) in [7, 11) is 1.91. The Morgan fingerprint density at radius 2 is 1.95 bits per heavy atom. The highest BCUT2D eigenvalue weighted by Crippen LogP contribution is 2.44. The van der Waals surface area contributed by atoms with Crippen molar-refractivity contribution in [3.8, 4) is 0 Å². The van der Waals surface area contributed by atoms with Gasteiger partial charge in [0.25, 0.3) is 0 Å². The predicted octanol–water partition coefficient (Wildman–Crippen LogP) is 1.16. The van der Waals surface area contributed by atoms with Gasteiger partial charge in [0.05, 0.1) is 17.6 Å². The van der Waals surface area contributed by atoms with Crippen LogP contribution in [0, 0.1) is 11.8 Å². The van der Waals surface area contributed by atoms with Gasteiger partial charge in [0.2, 0.25) is 0 Å². The zero-order chi connectivity index (χ0) is 15.4. The Bertz CT molecular complexity index is 479. The van der Waals surface area contributed by atoms with E-state index in [1.165, 1.54) is 6.42 Å². The van der Waals surface area contributed by atoms with Gasteiger partial charge < -0.3 is 21.7 Å². The highest BCUT2D eigenvalue weighted by Gasteiger charge is 2.45. The normalized spacial score (nSPS) is 28.1. The van der Waals surface area contributed by atoms with Crippen molar-refractivity contribution < 1.29 is 0 Å². The highest BCUT2D eigenvalue weighted by molar-refractivity contribution is 5.80. The number of hydrogen-bond donors (Lipinski definition) is 3. The van der Waals surface area contributed by atoms with Gasteiger partial charge in [0.1, 0.15) is 5.84 Å². The van der Waals surface area contributed by atoms with Crippen LogP contribution in [0.1, 0.15) is 20.3 Å². The lowest BCUT2D eigenvalue weighted by molar-refractivity contribution is 0.459. The maximum absolute atomic E-state index is 5.94. The number of aliphatic imine (C=N–C) groups is 1. The average molecular weight is 289 g/mol. The smallest absolute Gasteiger partial charge is 0.101 e. The lowest BCUT2D eigenvalue weighted by Gasteiger charge is -2.18. The quantitative estimate of drug-likeness (QED) is 0.403. The van der Waals surface area contributed by atoms with Gasteiger partial charge in [-0.05, 0) is 45.2 Å². The van der Waals surface area contributed by atoms with Crippen molar-refractivity contribution in [2.75, 3.05) is 20.1 Å². The van der Waals surface area contributed by atoms with Crippen molar-refractivity contribution in [1.29, 1.82) is 0 Å². The van der Waals surface area contributed by atoms with E-state index in [1.54, 1.807) is 12.3 Å². The predicted molar refractivity (Wildman–Crippen MR) is 88.5 cm³/mol. The number of rotatable bonds is 5. The van der Waals surface area contributed by atoms with Crippen LogP contribution in [-0.2, 0) is 0 Å². The summed E-state index contributed by atoms with van der Waals surface area (Å²) in [4.78, 5) is 6.77. The molecule has 0 radical (unpaired) electrons. The van der Waals surface area contributed by atoms with Crippen molar-refractivity contribution in [2.45, 2.75) is 26.3 Å². The third-order valence-corrected chi connectivity index (χ3v) is 4.29. The first kappa shape index (κ1) is 15.6. The number of amidine groups is 1. The lowest BCUT2D eigenvalue weighted by Crippen LogP contribution is -2.27. The number of hydrogen-bond acceptors (Lipinski definition) is 4. The zero-order valence-corrected chi connectivity index (χ0v) is 13.2. The number of nitrogens with one attached hydrogen (secondary N) is 1. The maximum Gasteiger partial charge on any atom is 0.101 e. The van der Waals surface area contributed by atoms with Crippen molar-refractivity contribution >= 4 is 5.84 Å². The average Bonchev–Trinajstić information content (AvgIpc) is 3.09. The van der Waals surface area contributed by atoms with Gasteiger partial charge in [0.15, 0.2) is 0 Å². The molecule has 0 aromatic heterocycles. The minimum atomic E-state index is 0.307. The molecule has 5 N–H and O–H groups in total. The molecule has 1 aliphatic carbocycles. The van der Waals surface area contributed by atoms with Gasteiger partial charge >= 0.3 is 0 Å². The van der Waals surface area contributed by atoms with Crippen LogP contribution in [0.5, 0.6) is 0 Å². The highest BCUT2D eigenvalue weighted by atomic mass is 15.2. The molecule has 116 valence electrons. The second-order valence-corrected chi connectivity index (χ2v) is 6.01. The Labute approximate surface area is 127 Å². The SMILES string of the molecule is CNC(C)\C=C/C=C(N)/C(N)=C/N=C(\C)N1CC2CC2C1. The van der Waals surface area contributed by atoms with Crippen molar-refractivity contribution in [2.24, 2.45) is 28.3 Å². The van der Waals surface area contributed by atoms with Crippen LogP contribution in [0.25, 0.3) is 0 Å². The van der Waals surface area contributed by atoms with Crippen LogP contribution in [-0.4, -0.2) is 36.9 Å². The van der Waals surface area contributed by atoms with E-state index in [-0.39, 0.29) is 0 Å². The third-order valence-electron chi connectivity index (χ3n) is 4.29. The van der Waals surface area contributed by atoms with Crippen LogP contribution in [0.4, 0.5) is 0 Å². The summed E-state index contributed by atoms with van der Waals surface area (Å²) >= 11 is 0. The standard InChI is InChI=1S/C16H27N5/c1-11(19-3)5-4-6-15(17)16(18)8-20-12(2)21-9-13-7-14(13)10-21/h4-6,8,11,13-14,19H,7,9-10,17-18H2,1-3H3/b5-4-,15-6-,16-8-,20-12+. The van der Waals surface area contributed by atoms with Crippen molar-refractivity contribution in [3.63, 3.8) is 0 Å².